The van der Waals surface area contributed by atoms with Gasteiger partial charge in [-0.15, -0.1) is 0 Å². The number of likely N-dealkylation sites (tertiary alicyclic amines) is 1. The molecule has 1 aliphatic heterocycles. The number of benzene rings is 1. The van der Waals surface area contributed by atoms with Gasteiger partial charge < -0.3 is 14.6 Å². The second kappa shape index (κ2) is 8.21. The summed E-state index contributed by atoms with van der Waals surface area (Å²) in [6.07, 6.45) is 5.04. The Hall–Kier alpha value is -2.27. The van der Waals surface area contributed by atoms with Crippen LogP contribution >= 0.6 is 11.6 Å². The Morgan fingerprint density at radius 3 is 2.64 bits per heavy atom. The van der Waals surface area contributed by atoms with Crippen molar-refractivity contribution in [2.45, 2.75) is 19.3 Å². The van der Waals surface area contributed by atoms with E-state index in [2.05, 4.69) is 5.32 Å². The van der Waals surface area contributed by atoms with Crippen molar-refractivity contribution in [3.63, 3.8) is 0 Å². The molecule has 3 rings (SSSR count). The van der Waals surface area contributed by atoms with Gasteiger partial charge in [0.25, 0.3) is 5.91 Å². The highest BCUT2D eigenvalue weighted by Gasteiger charge is 2.24. The highest BCUT2D eigenvalue weighted by Crippen LogP contribution is 2.19. The standard InChI is InChI=1S/C19H21ClN2O3/c20-17-4-2-1-3-15(17)11-18(23)21-12-14-5-8-22(9-6-14)19(24)16-7-10-25-13-16/h1-4,7,10,13-14H,5-6,8-9,11-12H2,(H,21,23). The maximum absolute atomic E-state index is 12.3. The molecule has 1 aliphatic rings. The van der Waals surface area contributed by atoms with Crippen molar-refractivity contribution in [1.82, 2.24) is 10.2 Å². The molecule has 0 radical (unpaired) electrons. The zero-order valence-corrected chi connectivity index (χ0v) is 14.7. The van der Waals surface area contributed by atoms with Gasteiger partial charge in [0.1, 0.15) is 6.26 Å². The predicted molar refractivity (Wildman–Crippen MR) is 95.5 cm³/mol. The molecule has 0 bridgehead atoms. The summed E-state index contributed by atoms with van der Waals surface area (Å²) in [5.41, 5.74) is 1.42. The molecule has 1 aromatic carbocycles. The molecule has 2 amide bonds. The summed E-state index contributed by atoms with van der Waals surface area (Å²) in [7, 11) is 0. The molecule has 6 heteroatoms. The number of hydrogen-bond donors (Lipinski definition) is 1. The molecule has 0 saturated carbocycles. The van der Waals surface area contributed by atoms with Crippen LogP contribution in [0.2, 0.25) is 5.02 Å². The molecule has 0 atom stereocenters. The van der Waals surface area contributed by atoms with Crippen LogP contribution in [0.4, 0.5) is 0 Å². The third-order valence-electron chi connectivity index (χ3n) is 4.57. The molecule has 0 spiro atoms. The third-order valence-corrected chi connectivity index (χ3v) is 4.94. The molecule has 1 N–H and O–H groups in total. The molecule has 1 aromatic heterocycles. The van der Waals surface area contributed by atoms with Crippen molar-refractivity contribution >= 4 is 23.4 Å². The topological polar surface area (TPSA) is 62.6 Å². The fourth-order valence-corrected chi connectivity index (χ4v) is 3.25. The van der Waals surface area contributed by atoms with E-state index in [1.54, 1.807) is 12.1 Å². The fraction of sp³-hybridized carbons (Fsp3) is 0.368. The molecular formula is C19H21ClN2O3. The monoisotopic (exact) mass is 360 g/mol. The minimum Gasteiger partial charge on any atom is -0.472 e. The van der Waals surface area contributed by atoms with Gasteiger partial charge in [0.05, 0.1) is 18.2 Å². The number of halogens is 1. The first-order valence-electron chi connectivity index (χ1n) is 8.45. The smallest absolute Gasteiger partial charge is 0.257 e. The lowest BCUT2D eigenvalue weighted by atomic mass is 9.96. The zero-order chi connectivity index (χ0) is 17.6. The Balaban J connectivity index is 1.41. The number of nitrogens with zero attached hydrogens (tertiary/aromatic N) is 1. The van der Waals surface area contributed by atoms with E-state index in [9.17, 15) is 9.59 Å². The largest absolute Gasteiger partial charge is 0.472 e. The molecule has 0 aliphatic carbocycles. The van der Waals surface area contributed by atoms with E-state index in [0.717, 1.165) is 18.4 Å². The first kappa shape index (κ1) is 17.5. The van der Waals surface area contributed by atoms with Gasteiger partial charge >= 0.3 is 0 Å². The summed E-state index contributed by atoms with van der Waals surface area (Å²) in [6.45, 7) is 2.04. The highest BCUT2D eigenvalue weighted by molar-refractivity contribution is 6.31. The van der Waals surface area contributed by atoms with Gasteiger partial charge in [0, 0.05) is 24.7 Å². The molecule has 1 fully saturated rings. The van der Waals surface area contributed by atoms with Gasteiger partial charge in [0.15, 0.2) is 0 Å². The van der Waals surface area contributed by atoms with Crippen molar-refractivity contribution in [3.8, 4) is 0 Å². The summed E-state index contributed by atoms with van der Waals surface area (Å²) in [6, 6.07) is 9.06. The molecule has 132 valence electrons. The van der Waals surface area contributed by atoms with E-state index in [1.807, 2.05) is 23.1 Å². The SMILES string of the molecule is O=C(Cc1ccccc1Cl)NCC1CCN(C(=O)c2ccoc2)CC1. The lowest BCUT2D eigenvalue weighted by Crippen LogP contribution is -2.41. The number of furan rings is 1. The van der Waals surface area contributed by atoms with Crippen molar-refractivity contribution in [2.24, 2.45) is 5.92 Å². The van der Waals surface area contributed by atoms with Gasteiger partial charge in [0.2, 0.25) is 5.91 Å². The first-order chi connectivity index (χ1) is 12.1. The Morgan fingerprint density at radius 2 is 1.96 bits per heavy atom. The zero-order valence-electron chi connectivity index (χ0n) is 13.9. The van der Waals surface area contributed by atoms with E-state index in [0.29, 0.717) is 36.1 Å². The first-order valence-corrected chi connectivity index (χ1v) is 8.83. The van der Waals surface area contributed by atoms with Crippen LogP contribution in [0.15, 0.2) is 47.3 Å². The number of rotatable bonds is 5. The minimum absolute atomic E-state index is 0.00922. The van der Waals surface area contributed by atoms with Crippen molar-refractivity contribution in [1.29, 1.82) is 0 Å². The summed E-state index contributed by atoms with van der Waals surface area (Å²) in [5, 5.41) is 3.60. The summed E-state index contributed by atoms with van der Waals surface area (Å²) in [5.74, 6) is 0.378. The Morgan fingerprint density at radius 1 is 1.20 bits per heavy atom. The summed E-state index contributed by atoms with van der Waals surface area (Å²) >= 11 is 6.08. The minimum atomic E-state index is -0.0231. The van der Waals surface area contributed by atoms with Crippen molar-refractivity contribution in [2.75, 3.05) is 19.6 Å². The lowest BCUT2D eigenvalue weighted by Gasteiger charge is -2.31. The fourth-order valence-electron chi connectivity index (χ4n) is 3.04. The van der Waals surface area contributed by atoms with E-state index >= 15 is 0 Å². The second-order valence-electron chi connectivity index (χ2n) is 6.32. The van der Waals surface area contributed by atoms with Gasteiger partial charge in [-0.05, 0) is 36.5 Å². The van der Waals surface area contributed by atoms with Gasteiger partial charge in [-0.3, -0.25) is 9.59 Å². The average molecular weight is 361 g/mol. The van der Waals surface area contributed by atoms with Crippen molar-refractivity contribution in [3.05, 3.63) is 59.0 Å². The third kappa shape index (κ3) is 4.63. The number of hydrogen-bond acceptors (Lipinski definition) is 3. The van der Waals surface area contributed by atoms with E-state index < -0.39 is 0 Å². The van der Waals surface area contributed by atoms with Crippen LogP contribution in [-0.2, 0) is 11.2 Å². The van der Waals surface area contributed by atoms with E-state index in [-0.39, 0.29) is 18.2 Å². The van der Waals surface area contributed by atoms with Crippen LogP contribution in [0.5, 0.6) is 0 Å². The molecule has 5 nitrogen and oxygen atoms in total. The van der Waals surface area contributed by atoms with E-state index in [4.69, 9.17) is 16.0 Å². The molecule has 0 unspecified atom stereocenters. The van der Waals surface area contributed by atoms with Crippen LogP contribution in [0, 0.1) is 5.92 Å². The Kier molecular flexibility index (Phi) is 5.76. The van der Waals surface area contributed by atoms with Gasteiger partial charge in [-0.1, -0.05) is 29.8 Å². The number of carbonyl (C=O) groups excluding carboxylic acids is 2. The van der Waals surface area contributed by atoms with Crippen LogP contribution in [-0.4, -0.2) is 36.3 Å². The number of piperidine rings is 1. The summed E-state index contributed by atoms with van der Waals surface area (Å²) < 4.78 is 4.97. The summed E-state index contributed by atoms with van der Waals surface area (Å²) in [4.78, 5) is 26.2. The number of nitrogens with one attached hydrogen (secondary N) is 1. The lowest BCUT2D eigenvalue weighted by molar-refractivity contribution is -0.120. The maximum Gasteiger partial charge on any atom is 0.257 e. The molecule has 1 saturated heterocycles. The van der Waals surface area contributed by atoms with Gasteiger partial charge in [-0.2, -0.15) is 0 Å². The maximum atomic E-state index is 12.3. The Labute approximate surface area is 151 Å². The molecule has 2 aromatic rings. The van der Waals surface area contributed by atoms with Gasteiger partial charge in [-0.25, -0.2) is 0 Å². The second-order valence-corrected chi connectivity index (χ2v) is 6.73. The Bertz CT molecular complexity index is 722. The quantitative estimate of drug-likeness (QED) is 0.891. The van der Waals surface area contributed by atoms with Crippen LogP contribution < -0.4 is 5.32 Å². The van der Waals surface area contributed by atoms with Crippen LogP contribution in [0.1, 0.15) is 28.8 Å². The molecule has 25 heavy (non-hydrogen) atoms. The predicted octanol–water partition coefficient (Wildman–Crippen LogP) is 3.14. The molecule has 2 heterocycles. The normalized spacial score (nSPS) is 15.2. The highest BCUT2D eigenvalue weighted by atomic mass is 35.5. The van der Waals surface area contributed by atoms with Crippen LogP contribution in [0.3, 0.4) is 0 Å². The van der Waals surface area contributed by atoms with Crippen LogP contribution in [0.25, 0.3) is 0 Å². The van der Waals surface area contributed by atoms with E-state index in [1.165, 1.54) is 12.5 Å². The average Bonchev–Trinajstić information content (AvgIpc) is 3.16. The number of carbonyl (C=O) groups is 2. The number of amides is 2. The molecular weight excluding hydrogens is 340 g/mol. The van der Waals surface area contributed by atoms with Crippen molar-refractivity contribution < 1.29 is 14.0 Å².